The highest BCUT2D eigenvalue weighted by Gasteiger charge is 2.49. The van der Waals surface area contributed by atoms with Crippen molar-refractivity contribution in [3.05, 3.63) is 41.5 Å². The standard InChI is InChI=1S/C20H28N2O5S/c1-4-13-28(24,25)21-11-9-16(10-12-21)18-19(27-3)20(23)22(18)14-15-5-7-17(26-2)8-6-15/h5-9,18-19H,4,10-14H2,1-3H3/t18-,19+/m0/s1. The minimum Gasteiger partial charge on any atom is -0.497 e. The lowest BCUT2D eigenvalue weighted by molar-refractivity contribution is -0.168. The molecule has 0 aliphatic carbocycles. The molecule has 1 aromatic carbocycles. The van der Waals surface area contributed by atoms with Crippen LogP contribution in [0.1, 0.15) is 25.3 Å². The number of nitrogens with zero attached hydrogens (tertiary/aromatic N) is 2. The summed E-state index contributed by atoms with van der Waals surface area (Å²) < 4.78 is 36.7. The van der Waals surface area contributed by atoms with E-state index in [-0.39, 0.29) is 17.7 Å². The van der Waals surface area contributed by atoms with Gasteiger partial charge >= 0.3 is 0 Å². The van der Waals surface area contributed by atoms with E-state index in [0.717, 1.165) is 16.9 Å². The number of rotatable bonds is 8. The van der Waals surface area contributed by atoms with Crippen LogP contribution in [0.15, 0.2) is 35.9 Å². The first-order valence-corrected chi connectivity index (χ1v) is 11.1. The zero-order valence-electron chi connectivity index (χ0n) is 16.6. The molecule has 154 valence electrons. The monoisotopic (exact) mass is 408 g/mol. The van der Waals surface area contributed by atoms with Gasteiger partial charge in [0.05, 0.1) is 18.9 Å². The lowest BCUT2D eigenvalue weighted by Gasteiger charge is -2.48. The Labute approximate surface area is 167 Å². The molecule has 0 radical (unpaired) electrons. The molecule has 28 heavy (non-hydrogen) atoms. The van der Waals surface area contributed by atoms with Crippen LogP contribution in [-0.4, -0.2) is 68.7 Å². The van der Waals surface area contributed by atoms with Crippen LogP contribution in [0.5, 0.6) is 5.75 Å². The van der Waals surface area contributed by atoms with Crippen molar-refractivity contribution in [3.8, 4) is 5.75 Å². The van der Waals surface area contributed by atoms with Crippen LogP contribution in [-0.2, 0) is 26.1 Å². The van der Waals surface area contributed by atoms with Crippen molar-refractivity contribution in [1.82, 2.24) is 9.21 Å². The van der Waals surface area contributed by atoms with Gasteiger partial charge in [0.15, 0.2) is 6.10 Å². The quantitative estimate of drug-likeness (QED) is 0.484. The molecule has 3 rings (SSSR count). The number of benzene rings is 1. The van der Waals surface area contributed by atoms with Gasteiger partial charge in [0.1, 0.15) is 5.75 Å². The summed E-state index contributed by atoms with van der Waals surface area (Å²) in [6.07, 6.45) is 2.66. The van der Waals surface area contributed by atoms with E-state index in [0.29, 0.717) is 32.5 Å². The molecular formula is C20H28N2O5S. The van der Waals surface area contributed by atoms with Crippen LogP contribution < -0.4 is 4.74 Å². The fourth-order valence-electron chi connectivity index (χ4n) is 3.82. The molecule has 0 saturated carbocycles. The third kappa shape index (κ3) is 4.09. The molecule has 7 nitrogen and oxygen atoms in total. The summed E-state index contributed by atoms with van der Waals surface area (Å²) in [5.41, 5.74) is 2.08. The van der Waals surface area contributed by atoms with Crippen LogP contribution in [0.4, 0.5) is 0 Å². The minimum atomic E-state index is -3.20. The molecule has 1 fully saturated rings. The lowest BCUT2D eigenvalue weighted by atomic mass is 9.86. The molecule has 8 heteroatoms. The number of sulfonamides is 1. The minimum absolute atomic E-state index is 0.0368. The molecule has 2 heterocycles. The van der Waals surface area contributed by atoms with E-state index in [1.807, 2.05) is 37.3 Å². The van der Waals surface area contributed by atoms with E-state index >= 15 is 0 Å². The number of β-lactam (4-membered cyclic amide) rings is 1. The summed E-state index contributed by atoms with van der Waals surface area (Å²) in [4.78, 5) is 14.3. The van der Waals surface area contributed by atoms with Gasteiger partial charge in [0.2, 0.25) is 10.0 Å². The summed E-state index contributed by atoms with van der Waals surface area (Å²) in [5.74, 6) is 0.904. The first kappa shape index (κ1) is 20.8. The highest BCUT2D eigenvalue weighted by atomic mass is 32.2. The van der Waals surface area contributed by atoms with Crippen molar-refractivity contribution in [2.75, 3.05) is 33.1 Å². The summed E-state index contributed by atoms with van der Waals surface area (Å²) in [7, 11) is -0.0436. The van der Waals surface area contributed by atoms with E-state index in [2.05, 4.69) is 0 Å². The van der Waals surface area contributed by atoms with Crippen LogP contribution in [0.2, 0.25) is 0 Å². The molecule has 2 aliphatic rings. The maximum Gasteiger partial charge on any atom is 0.255 e. The molecule has 0 bridgehead atoms. The Morgan fingerprint density at radius 1 is 1.18 bits per heavy atom. The summed E-state index contributed by atoms with van der Waals surface area (Å²) >= 11 is 0. The largest absolute Gasteiger partial charge is 0.497 e. The Kier molecular flexibility index (Phi) is 6.42. The van der Waals surface area contributed by atoms with E-state index in [1.165, 1.54) is 4.31 Å². The van der Waals surface area contributed by atoms with Crippen LogP contribution in [0.25, 0.3) is 0 Å². The summed E-state index contributed by atoms with van der Waals surface area (Å²) in [6, 6.07) is 7.49. The maximum atomic E-state index is 12.5. The number of methoxy groups -OCH3 is 2. The molecule has 1 aromatic rings. The zero-order chi connectivity index (χ0) is 20.3. The van der Waals surface area contributed by atoms with Gasteiger partial charge in [0, 0.05) is 26.7 Å². The van der Waals surface area contributed by atoms with E-state index in [4.69, 9.17) is 9.47 Å². The molecule has 2 atom stereocenters. The van der Waals surface area contributed by atoms with Crippen molar-refractivity contribution in [1.29, 1.82) is 0 Å². The molecule has 1 saturated heterocycles. The van der Waals surface area contributed by atoms with Gasteiger partial charge in [-0.15, -0.1) is 0 Å². The highest BCUT2D eigenvalue weighted by Crippen LogP contribution is 2.34. The average molecular weight is 409 g/mol. The average Bonchev–Trinajstić information content (AvgIpc) is 2.70. The third-order valence-electron chi connectivity index (χ3n) is 5.36. The lowest BCUT2D eigenvalue weighted by Crippen LogP contribution is -2.66. The second-order valence-corrected chi connectivity index (χ2v) is 9.21. The first-order chi connectivity index (χ1) is 13.4. The Morgan fingerprint density at radius 3 is 2.43 bits per heavy atom. The van der Waals surface area contributed by atoms with Crippen molar-refractivity contribution in [2.24, 2.45) is 0 Å². The van der Waals surface area contributed by atoms with Gasteiger partial charge in [-0.3, -0.25) is 4.79 Å². The van der Waals surface area contributed by atoms with Gasteiger partial charge in [-0.25, -0.2) is 8.42 Å². The Balaban J connectivity index is 1.73. The zero-order valence-corrected chi connectivity index (χ0v) is 17.4. The predicted molar refractivity (Wildman–Crippen MR) is 106 cm³/mol. The smallest absolute Gasteiger partial charge is 0.255 e. The fourth-order valence-corrected chi connectivity index (χ4v) is 5.26. The molecule has 0 unspecified atom stereocenters. The first-order valence-electron chi connectivity index (χ1n) is 9.54. The highest BCUT2D eigenvalue weighted by molar-refractivity contribution is 7.89. The number of carbonyl (C=O) groups is 1. The Bertz CT molecular complexity index is 835. The van der Waals surface area contributed by atoms with Crippen molar-refractivity contribution in [2.45, 2.75) is 38.5 Å². The number of hydrogen-bond donors (Lipinski definition) is 0. The van der Waals surface area contributed by atoms with Gasteiger partial charge in [0.25, 0.3) is 5.91 Å². The van der Waals surface area contributed by atoms with Gasteiger partial charge in [-0.1, -0.05) is 25.1 Å². The molecule has 0 N–H and O–H groups in total. The van der Waals surface area contributed by atoms with E-state index < -0.39 is 16.1 Å². The van der Waals surface area contributed by atoms with Crippen LogP contribution in [0, 0.1) is 0 Å². The van der Waals surface area contributed by atoms with Crippen LogP contribution >= 0.6 is 0 Å². The van der Waals surface area contributed by atoms with Crippen molar-refractivity contribution >= 4 is 15.9 Å². The fraction of sp³-hybridized carbons (Fsp3) is 0.550. The molecule has 0 aromatic heterocycles. The van der Waals surface area contributed by atoms with Gasteiger partial charge < -0.3 is 14.4 Å². The Morgan fingerprint density at radius 2 is 1.89 bits per heavy atom. The number of carbonyl (C=O) groups excluding carboxylic acids is 1. The van der Waals surface area contributed by atoms with Crippen molar-refractivity contribution < 1.29 is 22.7 Å². The van der Waals surface area contributed by atoms with Gasteiger partial charge in [-0.05, 0) is 36.1 Å². The van der Waals surface area contributed by atoms with Crippen molar-refractivity contribution in [3.63, 3.8) is 0 Å². The molecule has 1 amide bonds. The summed E-state index contributed by atoms with van der Waals surface area (Å²) in [5, 5.41) is 0. The SMILES string of the molecule is CCCS(=O)(=O)N1CC=C([C@H]2[C@@H](OC)C(=O)N2Cc2ccc(OC)cc2)CC1. The number of ether oxygens (including phenoxy) is 2. The normalized spacial score (nSPS) is 23.3. The molecule has 2 aliphatic heterocycles. The maximum absolute atomic E-state index is 12.5. The number of hydrogen-bond acceptors (Lipinski definition) is 5. The summed E-state index contributed by atoms with van der Waals surface area (Å²) in [6.45, 7) is 3.16. The number of likely N-dealkylation sites (tertiary alicyclic amines) is 1. The Hall–Kier alpha value is -1.90. The third-order valence-corrected chi connectivity index (χ3v) is 7.40. The predicted octanol–water partition coefficient (Wildman–Crippen LogP) is 1.79. The van der Waals surface area contributed by atoms with Crippen LogP contribution in [0.3, 0.4) is 0 Å². The molecule has 0 spiro atoms. The van der Waals surface area contributed by atoms with Gasteiger partial charge in [-0.2, -0.15) is 4.31 Å². The topological polar surface area (TPSA) is 76.2 Å². The second kappa shape index (κ2) is 8.63. The van der Waals surface area contributed by atoms with E-state index in [9.17, 15) is 13.2 Å². The second-order valence-electron chi connectivity index (χ2n) is 7.12. The van der Waals surface area contributed by atoms with E-state index in [1.54, 1.807) is 19.1 Å². The number of amides is 1. The molecular weight excluding hydrogens is 380 g/mol.